The van der Waals surface area contributed by atoms with E-state index in [4.69, 9.17) is 37.9 Å². The van der Waals surface area contributed by atoms with Crippen molar-refractivity contribution < 1.29 is 47.5 Å². The van der Waals surface area contributed by atoms with Gasteiger partial charge in [0.2, 0.25) is 11.5 Å². The van der Waals surface area contributed by atoms with Crippen molar-refractivity contribution in [3.8, 4) is 34.5 Å². The maximum atomic E-state index is 13.1. The molecule has 2 aliphatic rings. The standard InChI is InChI=1S/C30H37NO10/c1-31-19-14-20(40-30(33)18-12-25(36-4)29(39-7)26(13-18)37-5)16-21(31)22(15-19)41-27(32)9-8-17-10-23(34-2)28(38-6)24(11-17)35-3/h8-13,19-22H,14-16H2,1-7H3/b9-8+. The second kappa shape index (κ2) is 13.0. The van der Waals surface area contributed by atoms with Crippen LogP contribution in [0.5, 0.6) is 34.5 Å². The Hall–Kier alpha value is -4.12. The van der Waals surface area contributed by atoms with Gasteiger partial charge in [0.25, 0.3) is 0 Å². The maximum Gasteiger partial charge on any atom is 0.338 e. The molecular weight excluding hydrogens is 534 g/mol. The van der Waals surface area contributed by atoms with Crippen molar-refractivity contribution in [3.63, 3.8) is 0 Å². The van der Waals surface area contributed by atoms with Crippen LogP contribution in [0.25, 0.3) is 6.08 Å². The zero-order valence-corrected chi connectivity index (χ0v) is 24.4. The highest BCUT2D eigenvalue weighted by Crippen LogP contribution is 2.41. The van der Waals surface area contributed by atoms with Crippen LogP contribution in [-0.4, -0.2) is 90.8 Å². The molecule has 41 heavy (non-hydrogen) atoms. The van der Waals surface area contributed by atoms with Gasteiger partial charge in [0.15, 0.2) is 23.0 Å². The number of esters is 2. The molecule has 2 aliphatic heterocycles. The SMILES string of the molecule is COc1cc(/C=C/C(=O)OC2CC3CC(OC(=O)c4cc(OC)c(OC)c(OC)c4)CC2N3C)cc(OC)c1OC. The molecule has 4 unspecified atom stereocenters. The molecule has 0 aromatic heterocycles. The van der Waals surface area contributed by atoms with Crippen LogP contribution in [0.15, 0.2) is 30.3 Å². The van der Waals surface area contributed by atoms with E-state index in [1.54, 1.807) is 30.3 Å². The quantitative estimate of drug-likeness (QED) is 0.290. The van der Waals surface area contributed by atoms with Crippen LogP contribution in [0.4, 0.5) is 0 Å². The zero-order valence-electron chi connectivity index (χ0n) is 24.4. The Bertz CT molecular complexity index is 1240. The summed E-state index contributed by atoms with van der Waals surface area (Å²) in [5, 5.41) is 0. The molecule has 4 atom stereocenters. The van der Waals surface area contributed by atoms with E-state index in [-0.39, 0.29) is 24.3 Å². The third kappa shape index (κ3) is 6.30. The second-order valence-electron chi connectivity index (χ2n) is 9.80. The Balaban J connectivity index is 1.40. The van der Waals surface area contributed by atoms with Gasteiger partial charge in [-0.05, 0) is 43.0 Å². The number of likely N-dealkylation sites (N-methyl/N-ethyl adjacent to an activating group) is 1. The number of nitrogens with zero attached hydrogens (tertiary/aromatic N) is 1. The fraction of sp³-hybridized carbons (Fsp3) is 0.467. The lowest BCUT2D eigenvalue weighted by molar-refractivity contribution is -0.144. The number of carbonyl (C=O) groups excluding carboxylic acids is 2. The summed E-state index contributed by atoms with van der Waals surface area (Å²) >= 11 is 0. The summed E-state index contributed by atoms with van der Waals surface area (Å²) in [5.41, 5.74) is 0.989. The molecule has 2 bridgehead atoms. The number of methoxy groups -OCH3 is 6. The van der Waals surface area contributed by atoms with E-state index in [0.717, 1.165) is 0 Å². The van der Waals surface area contributed by atoms with Gasteiger partial charge in [-0.3, -0.25) is 4.90 Å². The van der Waals surface area contributed by atoms with Gasteiger partial charge in [-0.2, -0.15) is 0 Å². The first-order valence-electron chi connectivity index (χ1n) is 13.2. The van der Waals surface area contributed by atoms with Crippen LogP contribution < -0.4 is 28.4 Å². The van der Waals surface area contributed by atoms with Gasteiger partial charge in [0.05, 0.1) is 54.3 Å². The highest BCUT2D eigenvalue weighted by Gasteiger charge is 2.47. The Morgan fingerprint density at radius 2 is 1.27 bits per heavy atom. The normalized spacial score (nSPS) is 21.7. The maximum absolute atomic E-state index is 13.1. The number of hydrogen-bond acceptors (Lipinski definition) is 11. The van der Waals surface area contributed by atoms with Crippen LogP contribution in [-0.2, 0) is 14.3 Å². The summed E-state index contributed by atoms with van der Waals surface area (Å²) in [6, 6.07) is 6.66. The lowest BCUT2D eigenvalue weighted by Gasteiger charge is -2.36. The van der Waals surface area contributed by atoms with E-state index in [1.807, 2.05) is 7.05 Å². The molecule has 222 valence electrons. The van der Waals surface area contributed by atoms with Crippen LogP contribution in [0.1, 0.15) is 35.2 Å². The minimum atomic E-state index is -0.486. The number of rotatable bonds is 11. The summed E-state index contributed by atoms with van der Waals surface area (Å²) in [4.78, 5) is 28.0. The summed E-state index contributed by atoms with van der Waals surface area (Å²) in [6.45, 7) is 0. The number of ether oxygens (including phenoxy) is 8. The van der Waals surface area contributed by atoms with Crippen molar-refractivity contribution in [1.82, 2.24) is 4.90 Å². The van der Waals surface area contributed by atoms with Crippen LogP contribution in [0.2, 0.25) is 0 Å². The van der Waals surface area contributed by atoms with E-state index in [2.05, 4.69) is 4.90 Å². The van der Waals surface area contributed by atoms with Gasteiger partial charge in [-0.25, -0.2) is 9.59 Å². The molecule has 2 aromatic rings. The molecule has 0 radical (unpaired) electrons. The van der Waals surface area contributed by atoms with Gasteiger partial charge in [0, 0.05) is 31.4 Å². The second-order valence-corrected chi connectivity index (χ2v) is 9.80. The average Bonchev–Trinajstić information content (AvgIpc) is 3.14. The van der Waals surface area contributed by atoms with E-state index in [9.17, 15) is 9.59 Å². The van der Waals surface area contributed by atoms with E-state index in [0.29, 0.717) is 64.9 Å². The molecule has 0 amide bonds. The van der Waals surface area contributed by atoms with Gasteiger partial charge in [-0.1, -0.05) is 0 Å². The van der Waals surface area contributed by atoms with Crippen molar-refractivity contribution >= 4 is 18.0 Å². The predicted octanol–water partition coefficient (Wildman–Crippen LogP) is 3.76. The summed E-state index contributed by atoms with van der Waals surface area (Å²) in [6.07, 6.45) is 4.20. The molecule has 11 nitrogen and oxygen atoms in total. The lowest BCUT2D eigenvalue weighted by Crippen LogP contribution is -2.46. The lowest BCUT2D eigenvalue weighted by atomic mass is 10.00. The summed E-state index contributed by atoms with van der Waals surface area (Å²) < 4.78 is 43.9. The summed E-state index contributed by atoms with van der Waals surface area (Å²) in [5.74, 6) is 1.62. The monoisotopic (exact) mass is 571 g/mol. The van der Waals surface area contributed by atoms with Gasteiger partial charge < -0.3 is 37.9 Å². The number of hydrogen-bond donors (Lipinski definition) is 0. The van der Waals surface area contributed by atoms with Gasteiger partial charge in [0.1, 0.15) is 12.2 Å². The van der Waals surface area contributed by atoms with Crippen molar-refractivity contribution in [2.45, 2.75) is 43.6 Å². The molecule has 0 aliphatic carbocycles. The van der Waals surface area contributed by atoms with Gasteiger partial charge >= 0.3 is 11.9 Å². The molecule has 2 heterocycles. The molecular formula is C30H37NO10. The largest absolute Gasteiger partial charge is 0.493 e. The molecule has 2 saturated heterocycles. The molecule has 0 saturated carbocycles. The number of fused-ring (bicyclic) bond motifs is 2. The molecule has 2 fully saturated rings. The van der Waals surface area contributed by atoms with E-state index in [1.165, 1.54) is 48.7 Å². The average molecular weight is 572 g/mol. The first kappa shape index (κ1) is 29.9. The molecule has 2 aromatic carbocycles. The highest BCUT2D eigenvalue weighted by atomic mass is 16.6. The number of carbonyl (C=O) groups is 2. The Morgan fingerprint density at radius 3 is 1.78 bits per heavy atom. The Morgan fingerprint density at radius 1 is 0.732 bits per heavy atom. The molecule has 0 N–H and O–H groups in total. The van der Waals surface area contributed by atoms with E-state index >= 15 is 0 Å². The third-order valence-electron chi connectivity index (χ3n) is 7.61. The van der Waals surface area contributed by atoms with Crippen LogP contribution in [0.3, 0.4) is 0 Å². The van der Waals surface area contributed by atoms with Crippen molar-refractivity contribution in [2.75, 3.05) is 49.7 Å². The minimum Gasteiger partial charge on any atom is -0.493 e. The first-order valence-corrected chi connectivity index (χ1v) is 13.2. The van der Waals surface area contributed by atoms with Crippen LogP contribution >= 0.6 is 0 Å². The fourth-order valence-electron chi connectivity index (χ4n) is 5.57. The third-order valence-corrected chi connectivity index (χ3v) is 7.61. The van der Waals surface area contributed by atoms with Crippen LogP contribution in [0, 0.1) is 0 Å². The van der Waals surface area contributed by atoms with Gasteiger partial charge in [-0.15, -0.1) is 0 Å². The predicted molar refractivity (Wildman–Crippen MR) is 150 cm³/mol. The van der Waals surface area contributed by atoms with Crippen molar-refractivity contribution in [3.05, 3.63) is 41.5 Å². The molecule has 0 spiro atoms. The van der Waals surface area contributed by atoms with Crippen molar-refractivity contribution in [2.24, 2.45) is 0 Å². The topological polar surface area (TPSA) is 111 Å². The van der Waals surface area contributed by atoms with Crippen molar-refractivity contribution in [1.29, 1.82) is 0 Å². The number of benzene rings is 2. The zero-order chi connectivity index (χ0) is 29.7. The smallest absolute Gasteiger partial charge is 0.338 e. The summed E-state index contributed by atoms with van der Waals surface area (Å²) in [7, 11) is 11.1. The molecule has 4 rings (SSSR count). The number of piperidine rings is 1. The Labute approximate surface area is 239 Å². The van der Waals surface area contributed by atoms with E-state index < -0.39 is 11.9 Å². The Kier molecular flexibility index (Phi) is 9.49. The minimum absolute atomic E-state index is 0.0787. The first-order chi connectivity index (χ1) is 19.8. The fourth-order valence-corrected chi connectivity index (χ4v) is 5.57. The molecule has 11 heteroatoms. The highest BCUT2D eigenvalue weighted by molar-refractivity contribution is 5.91.